The third kappa shape index (κ3) is 9.96. The summed E-state index contributed by atoms with van der Waals surface area (Å²) in [7, 11) is -3.17. The molecule has 0 aliphatic carbocycles. The van der Waals surface area contributed by atoms with E-state index in [4.69, 9.17) is 23.1 Å². The Hall–Kier alpha value is 0.234. The maximum atomic E-state index is 6.62. The molecule has 5 nitrogen and oxygen atoms in total. The van der Waals surface area contributed by atoms with Crippen LogP contribution in [-0.2, 0) is 23.1 Å². The number of rotatable bonds is 14. The first-order chi connectivity index (χ1) is 10.9. The van der Waals surface area contributed by atoms with Crippen molar-refractivity contribution in [2.75, 3.05) is 39.6 Å². The molecule has 1 unspecified atom stereocenters. The molecule has 0 amide bonds. The molecular formula is C16H34O5Si2. The van der Waals surface area contributed by atoms with Crippen LogP contribution in [0, 0.1) is 0 Å². The summed E-state index contributed by atoms with van der Waals surface area (Å²) in [6.07, 6.45) is 2.94. The van der Waals surface area contributed by atoms with Crippen molar-refractivity contribution in [1.82, 2.24) is 0 Å². The second kappa shape index (κ2) is 9.08. The Bertz CT molecular complexity index is 311. The largest absolute Gasteiger partial charge is 0.455 e. The minimum Gasteiger partial charge on any atom is -0.455 e. The van der Waals surface area contributed by atoms with E-state index in [0.717, 1.165) is 52.5 Å². The smallest absolute Gasteiger partial charge is 0.173 e. The summed E-state index contributed by atoms with van der Waals surface area (Å²) in [6.45, 7) is 14.3. The molecule has 2 saturated heterocycles. The minimum atomic E-state index is -1.59. The van der Waals surface area contributed by atoms with Gasteiger partial charge in [-0.15, -0.1) is 0 Å². The van der Waals surface area contributed by atoms with Gasteiger partial charge in [0, 0.05) is 13.2 Å². The summed E-state index contributed by atoms with van der Waals surface area (Å²) in [5.41, 5.74) is 0. The first-order valence-corrected chi connectivity index (χ1v) is 15.2. The lowest BCUT2D eigenvalue weighted by molar-refractivity contribution is 0.116. The molecule has 23 heavy (non-hydrogen) atoms. The Morgan fingerprint density at radius 2 is 1.17 bits per heavy atom. The normalized spacial score (nSPS) is 24.0. The summed E-state index contributed by atoms with van der Waals surface area (Å²) >= 11 is 0. The maximum absolute atomic E-state index is 6.62. The molecule has 2 aliphatic heterocycles. The fourth-order valence-electron chi connectivity index (χ4n) is 2.81. The van der Waals surface area contributed by atoms with E-state index in [1.54, 1.807) is 0 Å². The predicted molar refractivity (Wildman–Crippen MR) is 96.0 cm³/mol. The van der Waals surface area contributed by atoms with Crippen molar-refractivity contribution in [1.29, 1.82) is 0 Å². The molecule has 0 saturated carbocycles. The summed E-state index contributed by atoms with van der Waals surface area (Å²) in [4.78, 5) is 0. The van der Waals surface area contributed by atoms with E-state index >= 15 is 0 Å². The van der Waals surface area contributed by atoms with Gasteiger partial charge in [-0.05, 0) is 51.1 Å². The molecule has 0 radical (unpaired) electrons. The van der Waals surface area contributed by atoms with Crippen LogP contribution in [-0.4, -0.2) is 68.5 Å². The van der Waals surface area contributed by atoms with Crippen LogP contribution in [0.2, 0.25) is 38.3 Å². The first kappa shape index (κ1) is 19.6. The van der Waals surface area contributed by atoms with E-state index in [0.29, 0.717) is 12.2 Å². The van der Waals surface area contributed by atoms with Gasteiger partial charge in [-0.1, -0.05) is 0 Å². The van der Waals surface area contributed by atoms with Crippen molar-refractivity contribution in [2.24, 2.45) is 0 Å². The highest BCUT2D eigenvalue weighted by Gasteiger charge is 2.32. The third-order valence-electron chi connectivity index (χ3n) is 4.10. The van der Waals surface area contributed by atoms with Gasteiger partial charge in [-0.2, -0.15) is 0 Å². The fraction of sp³-hybridized carbons (Fsp3) is 1.00. The molecule has 0 aromatic carbocycles. The van der Waals surface area contributed by atoms with Crippen LogP contribution in [0.1, 0.15) is 12.8 Å². The Morgan fingerprint density at radius 1 is 0.783 bits per heavy atom. The molecule has 2 rings (SSSR count). The van der Waals surface area contributed by atoms with E-state index in [-0.39, 0.29) is 0 Å². The van der Waals surface area contributed by atoms with Crippen molar-refractivity contribution in [3.8, 4) is 0 Å². The predicted octanol–water partition coefficient (Wildman–Crippen LogP) is 3.02. The molecular weight excluding hydrogens is 328 g/mol. The van der Waals surface area contributed by atoms with Crippen molar-refractivity contribution < 1.29 is 23.1 Å². The van der Waals surface area contributed by atoms with Crippen LogP contribution in [0.25, 0.3) is 0 Å². The second-order valence-corrected chi connectivity index (χ2v) is 16.7. The van der Waals surface area contributed by atoms with Crippen LogP contribution in [0.4, 0.5) is 0 Å². The zero-order valence-electron chi connectivity index (χ0n) is 15.3. The number of hydrogen-bond acceptors (Lipinski definition) is 5. The van der Waals surface area contributed by atoms with E-state index in [2.05, 4.69) is 26.2 Å². The second-order valence-electron chi connectivity index (χ2n) is 7.89. The quantitative estimate of drug-likeness (QED) is 0.270. The van der Waals surface area contributed by atoms with E-state index < -0.39 is 16.6 Å². The fourth-order valence-corrected chi connectivity index (χ4v) is 11.6. The average molecular weight is 363 g/mol. The Morgan fingerprint density at radius 3 is 1.52 bits per heavy atom. The molecule has 2 aliphatic rings. The highest BCUT2D eigenvalue weighted by Crippen LogP contribution is 2.24. The number of ether oxygens (including phenoxy) is 4. The molecule has 136 valence electrons. The molecule has 0 aromatic heterocycles. The van der Waals surface area contributed by atoms with Crippen LogP contribution >= 0.6 is 0 Å². The van der Waals surface area contributed by atoms with Crippen molar-refractivity contribution in [3.63, 3.8) is 0 Å². The van der Waals surface area contributed by atoms with Crippen LogP contribution < -0.4 is 0 Å². The van der Waals surface area contributed by atoms with Gasteiger partial charge in [0.05, 0.1) is 26.4 Å². The number of epoxide rings is 2. The zero-order valence-corrected chi connectivity index (χ0v) is 17.3. The standard InChI is InChI=1S/C16H34O5Si2/c1-22(2,9-5-7-17-11-15-13-19-15)21-23(3,4)10-6-8-18-12-16-14-20-16/h15-16H,5-14H2,1-4H3/t15-,16?/m1/s1. The maximum Gasteiger partial charge on any atom is 0.173 e. The molecule has 0 spiro atoms. The van der Waals surface area contributed by atoms with Crippen molar-refractivity contribution >= 4 is 16.6 Å². The van der Waals surface area contributed by atoms with Gasteiger partial charge in [0.25, 0.3) is 0 Å². The highest BCUT2D eigenvalue weighted by molar-refractivity contribution is 6.84. The van der Waals surface area contributed by atoms with Gasteiger partial charge >= 0.3 is 0 Å². The van der Waals surface area contributed by atoms with Crippen LogP contribution in [0.5, 0.6) is 0 Å². The van der Waals surface area contributed by atoms with Crippen LogP contribution in [0.15, 0.2) is 0 Å². The van der Waals surface area contributed by atoms with Gasteiger partial charge in [-0.3, -0.25) is 0 Å². The summed E-state index contributed by atoms with van der Waals surface area (Å²) in [6, 6.07) is 2.34. The zero-order chi connectivity index (χ0) is 16.8. The average Bonchev–Trinajstić information content (AvgIpc) is 3.31. The van der Waals surface area contributed by atoms with E-state index in [1.165, 1.54) is 12.1 Å². The third-order valence-corrected chi connectivity index (χ3v) is 11.6. The molecule has 0 bridgehead atoms. The topological polar surface area (TPSA) is 52.8 Å². The first-order valence-electron chi connectivity index (χ1n) is 8.95. The summed E-state index contributed by atoms with van der Waals surface area (Å²) < 4.78 is 28.2. The van der Waals surface area contributed by atoms with Crippen molar-refractivity contribution in [3.05, 3.63) is 0 Å². The lowest BCUT2D eigenvalue weighted by Gasteiger charge is -2.34. The Balaban J connectivity index is 1.50. The monoisotopic (exact) mass is 362 g/mol. The van der Waals surface area contributed by atoms with Gasteiger partial charge < -0.3 is 23.1 Å². The van der Waals surface area contributed by atoms with E-state index in [9.17, 15) is 0 Å². The van der Waals surface area contributed by atoms with E-state index in [1.807, 2.05) is 0 Å². The van der Waals surface area contributed by atoms with Crippen LogP contribution in [0.3, 0.4) is 0 Å². The van der Waals surface area contributed by atoms with Gasteiger partial charge in [0.1, 0.15) is 12.2 Å². The highest BCUT2D eigenvalue weighted by atomic mass is 28.4. The Labute approximate surface area is 143 Å². The number of hydrogen-bond donors (Lipinski definition) is 0. The SMILES string of the molecule is C[Si](C)(CCCOCC1CO1)O[Si](C)(C)CCCOC[C@@H]1CO1. The molecule has 0 N–H and O–H groups in total. The Kier molecular flexibility index (Phi) is 7.72. The minimum absolute atomic E-state index is 0.372. The molecule has 2 atom stereocenters. The van der Waals surface area contributed by atoms with Crippen molar-refractivity contribution in [2.45, 2.75) is 63.3 Å². The molecule has 7 heteroatoms. The lowest BCUT2D eigenvalue weighted by Crippen LogP contribution is -2.44. The van der Waals surface area contributed by atoms with Gasteiger partial charge in [0.2, 0.25) is 0 Å². The van der Waals surface area contributed by atoms with Gasteiger partial charge in [-0.25, -0.2) is 0 Å². The summed E-state index contributed by atoms with van der Waals surface area (Å²) in [5.74, 6) is 0. The lowest BCUT2D eigenvalue weighted by atomic mass is 10.5. The molecule has 0 aromatic rings. The summed E-state index contributed by atoms with van der Waals surface area (Å²) in [5, 5.41) is 0. The van der Waals surface area contributed by atoms with Gasteiger partial charge in [0.15, 0.2) is 16.6 Å². The molecule has 2 fully saturated rings. The molecule has 2 heterocycles.